The molecule has 0 spiro atoms. The number of hydrogen-bond acceptors (Lipinski definition) is 6. The van der Waals surface area contributed by atoms with Gasteiger partial charge in [-0.1, -0.05) is 26.0 Å². The van der Waals surface area contributed by atoms with Crippen LogP contribution in [0.3, 0.4) is 0 Å². The van der Waals surface area contributed by atoms with Crippen molar-refractivity contribution in [2.24, 2.45) is 11.7 Å². The fourth-order valence-electron chi connectivity index (χ4n) is 5.29. The molecular weight excluding hydrogens is 487 g/mol. The Balaban J connectivity index is 1.27. The Morgan fingerprint density at radius 1 is 1.13 bits per heavy atom. The van der Waals surface area contributed by atoms with Crippen LogP contribution in [0.5, 0.6) is 5.75 Å². The summed E-state index contributed by atoms with van der Waals surface area (Å²) in [5.74, 6) is 0.196. The van der Waals surface area contributed by atoms with E-state index in [0.29, 0.717) is 43.2 Å². The topological polar surface area (TPSA) is 109 Å². The second-order valence-electron chi connectivity index (χ2n) is 10.6. The zero-order valence-electron chi connectivity index (χ0n) is 22.3. The van der Waals surface area contributed by atoms with E-state index in [1.54, 1.807) is 30.5 Å². The average Bonchev–Trinajstić information content (AvgIpc) is 3.34. The van der Waals surface area contributed by atoms with Gasteiger partial charge in [0.05, 0.1) is 24.6 Å². The molecule has 2 aliphatic heterocycles. The minimum absolute atomic E-state index is 0.0896. The molecule has 0 aliphatic carbocycles. The predicted octanol–water partition coefficient (Wildman–Crippen LogP) is 3.43. The molecule has 0 radical (unpaired) electrons. The van der Waals surface area contributed by atoms with Crippen molar-refractivity contribution in [2.45, 2.75) is 63.8 Å². The number of pyridine rings is 1. The maximum absolute atomic E-state index is 14.7. The van der Waals surface area contributed by atoms with E-state index in [1.807, 2.05) is 26.0 Å². The Morgan fingerprint density at radius 3 is 2.39 bits per heavy atom. The number of aromatic nitrogens is 1. The number of alkyl halides is 1. The zero-order chi connectivity index (χ0) is 27.3. The van der Waals surface area contributed by atoms with E-state index in [0.717, 1.165) is 37.2 Å². The van der Waals surface area contributed by atoms with Crippen LogP contribution in [0, 0.1) is 5.92 Å². The number of hydrogen-bond donors (Lipinski definition) is 2. The van der Waals surface area contributed by atoms with E-state index in [-0.39, 0.29) is 18.9 Å². The smallest absolute Gasteiger partial charge is 0.254 e. The second kappa shape index (κ2) is 12.2. The van der Waals surface area contributed by atoms with Crippen molar-refractivity contribution in [3.05, 3.63) is 48.2 Å². The van der Waals surface area contributed by atoms with Crippen LogP contribution in [0.15, 0.2) is 42.6 Å². The highest BCUT2D eigenvalue weighted by atomic mass is 19.1. The standard InChI is InChI=1S/C29H39FN4O4/c1-3-29(30,4-2)19-33-13-11-20(12-14-33)18-38-24-9-10-25(32-16-24)21-5-7-22(8-6-21)28(37)34-17-23(35)15-26(34)27(31)36/h5-10,16,20,23,26,35H,3-4,11-15,17-19H2,1-2H3,(H2,31,36)/t23-,26?/m1/s1. The summed E-state index contributed by atoms with van der Waals surface area (Å²) in [6.07, 6.45) is 4.21. The fraction of sp³-hybridized carbons (Fsp3) is 0.552. The van der Waals surface area contributed by atoms with E-state index in [2.05, 4.69) is 9.88 Å². The number of aliphatic hydroxyl groups is 1. The molecule has 4 rings (SSSR count). The van der Waals surface area contributed by atoms with Gasteiger partial charge < -0.3 is 25.4 Å². The van der Waals surface area contributed by atoms with Crippen molar-refractivity contribution < 1.29 is 23.8 Å². The first-order valence-corrected chi connectivity index (χ1v) is 13.6. The normalized spacial score (nSPS) is 21.0. The van der Waals surface area contributed by atoms with Gasteiger partial charge in [-0.05, 0) is 69.0 Å². The number of likely N-dealkylation sites (tertiary alicyclic amines) is 2. The van der Waals surface area contributed by atoms with E-state index in [4.69, 9.17) is 10.5 Å². The third-order valence-corrected chi connectivity index (χ3v) is 8.00. The first-order valence-electron chi connectivity index (χ1n) is 13.6. The number of rotatable bonds is 10. The number of primary amides is 1. The third kappa shape index (κ3) is 6.69. The number of ether oxygens (including phenoxy) is 1. The molecule has 1 unspecified atom stereocenters. The Bertz CT molecular complexity index is 1080. The number of nitrogens with two attached hydrogens (primary N) is 1. The molecule has 1 aromatic carbocycles. The number of carbonyl (C=O) groups is 2. The molecule has 0 bridgehead atoms. The summed E-state index contributed by atoms with van der Waals surface area (Å²) < 4.78 is 20.7. The largest absolute Gasteiger partial charge is 0.492 e. The number of nitrogens with zero attached hydrogens (tertiary/aromatic N) is 3. The zero-order valence-corrected chi connectivity index (χ0v) is 22.3. The van der Waals surface area contributed by atoms with Crippen LogP contribution in [-0.2, 0) is 4.79 Å². The second-order valence-corrected chi connectivity index (χ2v) is 10.6. The highest BCUT2D eigenvalue weighted by molar-refractivity contribution is 5.98. The van der Waals surface area contributed by atoms with Crippen molar-refractivity contribution in [3.8, 4) is 17.0 Å². The Kier molecular flexibility index (Phi) is 8.99. The fourth-order valence-corrected chi connectivity index (χ4v) is 5.29. The van der Waals surface area contributed by atoms with Gasteiger partial charge in [0.25, 0.3) is 5.91 Å². The minimum atomic E-state index is -1.09. The van der Waals surface area contributed by atoms with E-state index in [9.17, 15) is 19.1 Å². The molecule has 206 valence electrons. The first kappa shape index (κ1) is 28.0. The molecule has 3 N–H and O–H groups in total. The molecule has 3 heterocycles. The highest BCUT2D eigenvalue weighted by Crippen LogP contribution is 2.27. The quantitative estimate of drug-likeness (QED) is 0.491. The van der Waals surface area contributed by atoms with Crippen LogP contribution < -0.4 is 10.5 Å². The Morgan fingerprint density at radius 2 is 1.82 bits per heavy atom. The summed E-state index contributed by atoms with van der Waals surface area (Å²) in [5.41, 5.74) is 6.33. The predicted molar refractivity (Wildman–Crippen MR) is 143 cm³/mol. The number of carbonyl (C=O) groups excluding carboxylic acids is 2. The molecule has 8 nitrogen and oxygen atoms in total. The van der Waals surface area contributed by atoms with Crippen LogP contribution in [0.4, 0.5) is 4.39 Å². The summed E-state index contributed by atoms with van der Waals surface area (Å²) in [5, 5.41) is 9.87. The summed E-state index contributed by atoms with van der Waals surface area (Å²) in [4.78, 5) is 32.6. The molecule has 2 aliphatic rings. The number of β-amino-alcohol motifs (C(OH)–C–C–N with tert-alkyl or cyclic N) is 1. The van der Waals surface area contributed by atoms with Gasteiger partial charge in [-0.2, -0.15) is 0 Å². The lowest BCUT2D eigenvalue weighted by Crippen LogP contribution is -2.44. The van der Waals surface area contributed by atoms with Gasteiger partial charge in [-0.15, -0.1) is 0 Å². The van der Waals surface area contributed by atoms with E-state index >= 15 is 0 Å². The van der Waals surface area contributed by atoms with Gasteiger partial charge in [-0.3, -0.25) is 14.6 Å². The summed E-state index contributed by atoms with van der Waals surface area (Å²) in [6, 6.07) is 9.96. The van der Waals surface area contributed by atoms with E-state index < -0.39 is 23.7 Å². The molecular formula is C29H39FN4O4. The number of aliphatic hydroxyl groups excluding tert-OH is 1. The minimum Gasteiger partial charge on any atom is -0.492 e. The van der Waals surface area contributed by atoms with Crippen LogP contribution in [0.2, 0.25) is 0 Å². The molecule has 9 heteroatoms. The van der Waals surface area contributed by atoms with Gasteiger partial charge in [0.15, 0.2) is 0 Å². The molecule has 2 amide bonds. The summed E-state index contributed by atoms with van der Waals surface area (Å²) in [6.45, 7) is 6.86. The summed E-state index contributed by atoms with van der Waals surface area (Å²) in [7, 11) is 0. The van der Waals surface area contributed by atoms with Crippen molar-refractivity contribution in [3.63, 3.8) is 0 Å². The lowest BCUT2D eigenvalue weighted by molar-refractivity contribution is -0.121. The van der Waals surface area contributed by atoms with Gasteiger partial charge in [-0.25, -0.2) is 4.39 Å². The van der Waals surface area contributed by atoms with Gasteiger partial charge in [0.2, 0.25) is 5.91 Å². The van der Waals surface area contributed by atoms with Gasteiger partial charge in [0.1, 0.15) is 17.5 Å². The van der Waals surface area contributed by atoms with E-state index in [1.165, 1.54) is 4.90 Å². The van der Waals surface area contributed by atoms with Crippen molar-refractivity contribution in [2.75, 3.05) is 32.8 Å². The van der Waals surface area contributed by atoms with Crippen molar-refractivity contribution >= 4 is 11.8 Å². The Hall–Kier alpha value is -3.04. The number of benzene rings is 1. The van der Waals surface area contributed by atoms with Gasteiger partial charge >= 0.3 is 0 Å². The lowest BCUT2D eigenvalue weighted by atomic mass is 9.94. The molecule has 1 aromatic heterocycles. The molecule has 0 saturated carbocycles. The number of halogens is 1. The molecule has 2 fully saturated rings. The number of piperidine rings is 1. The SMILES string of the molecule is CCC(F)(CC)CN1CCC(COc2ccc(-c3ccc(C(=O)N4C[C@H](O)CC4C(N)=O)cc3)nc2)CC1. The van der Waals surface area contributed by atoms with Gasteiger partial charge in [0, 0.05) is 30.6 Å². The monoisotopic (exact) mass is 526 g/mol. The lowest BCUT2D eigenvalue weighted by Gasteiger charge is -2.36. The molecule has 2 atom stereocenters. The Labute approximate surface area is 224 Å². The third-order valence-electron chi connectivity index (χ3n) is 8.00. The molecule has 2 aromatic rings. The van der Waals surface area contributed by atoms with Crippen molar-refractivity contribution in [1.29, 1.82) is 0 Å². The van der Waals surface area contributed by atoms with Crippen LogP contribution in [-0.4, -0.2) is 82.3 Å². The highest BCUT2D eigenvalue weighted by Gasteiger charge is 2.38. The number of amides is 2. The average molecular weight is 527 g/mol. The van der Waals surface area contributed by atoms with Crippen LogP contribution in [0.1, 0.15) is 56.3 Å². The molecule has 38 heavy (non-hydrogen) atoms. The molecule has 2 saturated heterocycles. The van der Waals surface area contributed by atoms with Crippen molar-refractivity contribution in [1.82, 2.24) is 14.8 Å². The summed E-state index contributed by atoms with van der Waals surface area (Å²) >= 11 is 0. The van der Waals surface area contributed by atoms with Crippen LogP contribution >= 0.6 is 0 Å². The maximum Gasteiger partial charge on any atom is 0.254 e. The maximum atomic E-state index is 14.7. The van der Waals surface area contributed by atoms with Crippen LogP contribution in [0.25, 0.3) is 11.3 Å². The first-order chi connectivity index (χ1) is 18.2.